The van der Waals surface area contributed by atoms with E-state index in [-0.39, 0.29) is 5.69 Å². The first-order valence-corrected chi connectivity index (χ1v) is 5.47. The van der Waals surface area contributed by atoms with Gasteiger partial charge >= 0.3 is 0 Å². The third-order valence-electron chi connectivity index (χ3n) is 2.43. The average molecular weight is 259 g/mol. The summed E-state index contributed by atoms with van der Waals surface area (Å²) < 4.78 is 10.6. The fraction of sp³-hybridized carbons (Fsp3) is 0.0769. The van der Waals surface area contributed by atoms with Gasteiger partial charge in [0, 0.05) is 18.3 Å². The van der Waals surface area contributed by atoms with Gasteiger partial charge in [0.25, 0.3) is 5.91 Å². The fourth-order valence-electron chi connectivity index (χ4n) is 1.48. The highest BCUT2D eigenvalue weighted by Gasteiger charge is 2.07. The highest BCUT2D eigenvalue weighted by molar-refractivity contribution is 5.91. The van der Waals surface area contributed by atoms with Crippen molar-refractivity contribution in [2.24, 2.45) is 5.73 Å². The predicted molar refractivity (Wildman–Crippen MR) is 70.2 cm³/mol. The van der Waals surface area contributed by atoms with Crippen molar-refractivity contribution in [1.29, 1.82) is 0 Å². The molecule has 0 saturated heterocycles. The number of amides is 1. The Morgan fingerprint density at radius 2 is 2.00 bits per heavy atom. The second-order valence-electron chi connectivity index (χ2n) is 3.75. The third kappa shape index (κ3) is 2.92. The van der Waals surface area contributed by atoms with E-state index in [1.54, 1.807) is 31.4 Å². The van der Waals surface area contributed by atoms with Gasteiger partial charge in [-0.2, -0.15) is 0 Å². The van der Waals surface area contributed by atoms with Gasteiger partial charge in [0.2, 0.25) is 0 Å². The standard InChI is InChI=1S/C13H13N3O3/c1-18-8-2-3-12(10(14)6-8)19-9-4-5-16-11(7-9)13(15)17/h2-7H,14H2,1H3,(H2,15,17). The smallest absolute Gasteiger partial charge is 0.267 e. The van der Waals surface area contributed by atoms with Gasteiger partial charge in [0.05, 0.1) is 12.8 Å². The SMILES string of the molecule is COc1ccc(Oc2ccnc(C(N)=O)c2)c(N)c1. The van der Waals surface area contributed by atoms with Gasteiger partial charge in [-0.15, -0.1) is 0 Å². The number of benzene rings is 1. The molecule has 0 unspecified atom stereocenters. The minimum Gasteiger partial charge on any atom is -0.497 e. The molecule has 0 aliphatic heterocycles. The minimum absolute atomic E-state index is 0.129. The van der Waals surface area contributed by atoms with Crippen molar-refractivity contribution in [3.63, 3.8) is 0 Å². The summed E-state index contributed by atoms with van der Waals surface area (Å²) in [6, 6.07) is 8.11. The molecule has 0 saturated carbocycles. The fourth-order valence-corrected chi connectivity index (χ4v) is 1.48. The highest BCUT2D eigenvalue weighted by atomic mass is 16.5. The Balaban J connectivity index is 2.26. The van der Waals surface area contributed by atoms with Gasteiger partial charge in [-0.3, -0.25) is 9.78 Å². The molecule has 98 valence electrons. The maximum Gasteiger partial charge on any atom is 0.267 e. The van der Waals surface area contributed by atoms with Crippen LogP contribution < -0.4 is 20.9 Å². The molecule has 0 aliphatic carbocycles. The molecule has 4 N–H and O–H groups in total. The van der Waals surface area contributed by atoms with Crippen LogP contribution in [0.1, 0.15) is 10.5 Å². The lowest BCUT2D eigenvalue weighted by atomic mass is 10.2. The van der Waals surface area contributed by atoms with Crippen LogP contribution in [0.2, 0.25) is 0 Å². The number of primary amides is 1. The van der Waals surface area contributed by atoms with Crippen molar-refractivity contribution in [1.82, 2.24) is 4.98 Å². The van der Waals surface area contributed by atoms with E-state index < -0.39 is 5.91 Å². The zero-order valence-electron chi connectivity index (χ0n) is 10.3. The van der Waals surface area contributed by atoms with Crippen molar-refractivity contribution < 1.29 is 14.3 Å². The maximum atomic E-state index is 11.0. The van der Waals surface area contributed by atoms with E-state index >= 15 is 0 Å². The van der Waals surface area contributed by atoms with Crippen molar-refractivity contribution in [2.45, 2.75) is 0 Å². The number of aromatic nitrogens is 1. The van der Waals surface area contributed by atoms with Gasteiger partial charge in [-0.25, -0.2) is 0 Å². The van der Waals surface area contributed by atoms with Crippen molar-refractivity contribution in [3.8, 4) is 17.2 Å². The second kappa shape index (κ2) is 5.26. The maximum absolute atomic E-state index is 11.0. The Morgan fingerprint density at radius 1 is 1.21 bits per heavy atom. The summed E-state index contributed by atoms with van der Waals surface area (Å²) in [5.41, 5.74) is 11.5. The lowest BCUT2D eigenvalue weighted by molar-refractivity contribution is 0.0995. The van der Waals surface area contributed by atoms with E-state index in [1.807, 2.05) is 0 Å². The Labute approximate surface area is 110 Å². The summed E-state index contributed by atoms with van der Waals surface area (Å²) in [6.45, 7) is 0. The van der Waals surface area contributed by atoms with Gasteiger partial charge in [0.1, 0.15) is 17.2 Å². The topological polar surface area (TPSA) is 100 Å². The van der Waals surface area contributed by atoms with Gasteiger partial charge in [0.15, 0.2) is 5.75 Å². The molecule has 0 spiro atoms. The minimum atomic E-state index is -0.617. The molecule has 6 heteroatoms. The normalized spacial score (nSPS) is 9.95. The quantitative estimate of drug-likeness (QED) is 0.811. The Kier molecular flexibility index (Phi) is 3.51. The van der Waals surface area contributed by atoms with Gasteiger partial charge in [-0.05, 0) is 18.2 Å². The number of methoxy groups -OCH3 is 1. The van der Waals surface area contributed by atoms with Crippen molar-refractivity contribution >= 4 is 11.6 Å². The Bertz CT molecular complexity index is 614. The van der Waals surface area contributed by atoms with E-state index in [1.165, 1.54) is 12.3 Å². The third-order valence-corrected chi connectivity index (χ3v) is 2.43. The van der Waals surface area contributed by atoms with Crippen LogP contribution in [-0.2, 0) is 0 Å². The first-order valence-electron chi connectivity index (χ1n) is 5.47. The number of rotatable bonds is 4. The monoisotopic (exact) mass is 259 g/mol. The number of nitrogen functional groups attached to an aromatic ring is 1. The van der Waals surface area contributed by atoms with Gasteiger partial charge in [-0.1, -0.05) is 0 Å². The van der Waals surface area contributed by atoms with Crippen LogP contribution in [0.3, 0.4) is 0 Å². The van der Waals surface area contributed by atoms with Crippen LogP contribution in [0.15, 0.2) is 36.5 Å². The molecule has 0 bridgehead atoms. The van der Waals surface area contributed by atoms with Crippen LogP contribution in [0, 0.1) is 0 Å². The second-order valence-corrected chi connectivity index (χ2v) is 3.75. The van der Waals surface area contributed by atoms with Crippen molar-refractivity contribution in [3.05, 3.63) is 42.2 Å². The van der Waals surface area contributed by atoms with Gasteiger partial charge < -0.3 is 20.9 Å². The largest absolute Gasteiger partial charge is 0.497 e. The molecule has 0 atom stereocenters. The first kappa shape index (κ1) is 12.7. The summed E-state index contributed by atoms with van der Waals surface area (Å²) in [6.07, 6.45) is 1.44. The molecule has 1 aromatic carbocycles. The number of pyridine rings is 1. The number of nitrogens with two attached hydrogens (primary N) is 2. The molecular formula is C13H13N3O3. The molecule has 19 heavy (non-hydrogen) atoms. The molecule has 0 fully saturated rings. The number of nitrogens with zero attached hydrogens (tertiary/aromatic N) is 1. The number of carbonyl (C=O) groups is 1. The molecule has 1 amide bonds. The van der Waals surface area contributed by atoms with Crippen LogP contribution in [0.4, 0.5) is 5.69 Å². The molecule has 1 heterocycles. The molecule has 2 aromatic rings. The molecular weight excluding hydrogens is 246 g/mol. The zero-order chi connectivity index (χ0) is 13.8. The van der Waals surface area contributed by atoms with E-state index in [4.69, 9.17) is 20.9 Å². The summed E-state index contributed by atoms with van der Waals surface area (Å²) in [7, 11) is 1.55. The molecule has 0 radical (unpaired) electrons. The van der Waals surface area contributed by atoms with E-state index in [9.17, 15) is 4.79 Å². The molecule has 0 aliphatic rings. The van der Waals surface area contributed by atoms with Crippen molar-refractivity contribution in [2.75, 3.05) is 12.8 Å². The lowest BCUT2D eigenvalue weighted by Gasteiger charge is -2.10. The lowest BCUT2D eigenvalue weighted by Crippen LogP contribution is -2.12. The van der Waals surface area contributed by atoms with Crippen LogP contribution >= 0.6 is 0 Å². The zero-order valence-corrected chi connectivity index (χ0v) is 10.3. The molecule has 1 aromatic heterocycles. The van der Waals surface area contributed by atoms with Crippen LogP contribution in [0.25, 0.3) is 0 Å². The molecule has 2 rings (SSSR count). The highest BCUT2D eigenvalue weighted by Crippen LogP contribution is 2.30. The molecule has 6 nitrogen and oxygen atoms in total. The summed E-state index contributed by atoms with van der Waals surface area (Å²) in [4.78, 5) is 14.8. The first-order chi connectivity index (χ1) is 9.10. The summed E-state index contributed by atoms with van der Waals surface area (Å²) in [5, 5.41) is 0. The van der Waals surface area contributed by atoms with Crippen LogP contribution in [0.5, 0.6) is 17.2 Å². The summed E-state index contributed by atoms with van der Waals surface area (Å²) in [5.74, 6) is 0.911. The summed E-state index contributed by atoms with van der Waals surface area (Å²) >= 11 is 0. The van der Waals surface area contributed by atoms with E-state index in [2.05, 4.69) is 4.98 Å². The number of hydrogen-bond donors (Lipinski definition) is 2. The number of carbonyl (C=O) groups excluding carboxylic acids is 1. The van der Waals surface area contributed by atoms with E-state index in [0.29, 0.717) is 22.9 Å². The Morgan fingerprint density at radius 3 is 2.63 bits per heavy atom. The van der Waals surface area contributed by atoms with Crippen LogP contribution in [-0.4, -0.2) is 18.0 Å². The number of hydrogen-bond acceptors (Lipinski definition) is 5. The number of ether oxygens (including phenoxy) is 2. The Hall–Kier alpha value is -2.76. The number of anilines is 1. The predicted octanol–water partition coefficient (Wildman–Crippen LogP) is 1.56. The average Bonchev–Trinajstić information content (AvgIpc) is 2.41. The van der Waals surface area contributed by atoms with E-state index in [0.717, 1.165) is 0 Å².